The second kappa shape index (κ2) is 7.00. The Kier molecular flexibility index (Phi) is 4.79. The van der Waals surface area contributed by atoms with Crippen LogP contribution in [0.4, 0.5) is 4.79 Å². The molecule has 0 radical (unpaired) electrons. The number of hydrogen-bond acceptors (Lipinski definition) is 6. The summed E-state index contributed by atoms with van der Waals surface area (Å²) in [6.45, 7) is 0.120. The molecule has 24 heavy (non-hydrogen) atoms. The maximum Gasteiger partial charge on any atom is 0.316 e. The van der Waals surface area contributed by atoms with E-state index in [0.29, 0.717) is 31.0 Å². The van der Waals surface area contributed by atoms with Crippen LogP contribution in [0.5, 0.6) is 0 Å². The Morgan fingerprint density at radius 2 is 2.17 bits per heavy atom. The smallest absolute Gasteiger partial charge is 0.316 e. The van der Waals surface area contributed by atoms with Crippen LogP contribution in [0.3, 0.4) is 0 Å². The summed E-state index contributed by atoms with van der Waals surface area (Å²) in [4.78, 5) is 29.0. The molecule has 2 aromatic heterocycles. The molecule has 3 rings (SSSR count). The summed E-state index contributed by atoms with van der Waals surface area (Å²) in [6.07, 6.45) is 3.47. The van der Waals surface area contributed by atoms with Gasteiger partial charge in [0.05, 0.1) is 13.0 Å². The van der Waals surface area contributed by atoms with E-state index >= 15 is 0 Å². The van der Waals surface area contributed by atoms with Crippen LogP contribution in [-0.4, -0.2) is 27.6 Å². The van der Waals surface area contributed by atoms with Crippen LogP contribution in [0.1, 0.15) is 42.3 Å². The molecule has 2 heterocycles. The molecule has 0 spiro atoms. The topological polar surface area (TPSA) is 123 Å². The minimum atomic E-state index is -0.939. The lowest BCUT2D eigenvalue weighted by molar-refractivity contribution is -0.123. The maximum atomic E-state index is 12.0. The highest BCUT2D eigenvalue weighted by Gasteiger charge is 2.40. The van der Waals surface area contributed by atoms with Gasteiger partial charge in [-0.25, -0.2) is 4.79 Å². The zero-order valence-corrected chi connectivity index (χ0v) is 13.9. The molecule has 2 aromatic rings. The third-order valence-electron chi connectivity index (χ3n) is 4.10. The number of aromatic nitrogens is 2. The van der Waals surface area contributed by atoms with Crippen molar-refractivity contribution in [2.45, 2.75) is 44.2 Å². The number of thiophene rings is 1. The first-order chi connectivity index (χ1) is 11.6. The zero-order valence-electron chi connectivity index (χ0n) is 13.1. The SMILES string of the molecule is NC(=O)C1(NC(=O)NCc2noc(Cc3cccs3)n2)CCCC1. The van der Waals surface area contributed by atoms with Gasteiger partial charge in [0.1, 0.15) is 5.54 Å². The van der Waals surface area contributed by atoms with Crippen LogP contribution in [0.2, 0.25) is 0 Å². The van der Waals surface area contributed by atoms with Crippen molar-refractivity contribution in [3.8, 4) is 0 Å². The molecule has 0 bridgehead atoms. The van der Waals surface area contributed by atoms with E-state index in [1.165, 1.54) is 0 Å². The van der Waals surface area contributed by atoms with E-state index < -0.39 is 17.5 Å². The van der Waals surface area contributed by atoms with Gasteiger partial charge in [0.2, 0.25) is 11.8 Å². The summed E-state index contributed by atoms with van der Waals surface area (Å²) < 4.78 is 5.16. The molecule has 0 aliphatic heterocycles. The number of rotatable bonds is 6. The number of carbonyl (C=O) groups is 2. The van der Waals surface area contributed by atoms with Crippen LogP contribution < -0.4 is 16.4 Å². The molecule has 0 aromatic carbocycles. The molecule has 0 atom stereocenters. The monoisotopic (exact) mass is 349 g/mol. The zero-order chi connectivity index (χ0) is 17.0. The Balaban J connectivity index is 1.51. The number of amides is 3. The first-order valence-corrected chi connectivity index (χ1v) is 8.65. The Labute approximate surface area is 142 Å². The van der Waals surface area contributed by atoms with E-state index in [2.05, 4.69) is 20.8 Å². The van der Waals surface area contributed by atoms with Gasteiger partial charge in [0.15, 0.2) is 5.82 Å². The summed E-state index contributed by atoms with van der Waals surface area (Å²) in [5.41, 5.74) is 4.50. The van der Waals surface area contributed by atoms with Crippen LogP contribution in [0.15, 0.2) is 22.0 Å². The van der Waals surface area contributed by atoms with E-state index in [1.807, 2.05) is 17.5 Å². The minimum absolute atomic E-state index is 0.120. The molecular weight excluding hydrogens is 330 g/mol. The van der Waals surface area contributed by atoms with E-state index in [9.17, 15) is 9.59 Å². The normalized spacial score (nSPS) is 16.0. The van der Waals surface area contributed by atoms with Gasteiger partial charge >= 0.3 is 6.03 Å². The average Bonchev–Trinajstić information content (AvgIpc) is 3.28. The highest BCUT2D eigenvalue weighted by atomic mass is 32.1. The number of nitrogens with two attached hydrogens (primary N) is 1. The van der Waals surface area contributed by atoms with Crippen LogP contribution in [0, 0.1) is 0 Å². The maximum absolute atomic E-state index is 12.0. The Bertz CT molecular complexity index is 707. The van der Waals surface area contributed by atoms with Gasteiger partial charge in [-0.2, -0.15) is 4.98 Å². The van der Waals surface area contributed by atoms with Gasteiger partial charge < -0.3 is 20.9 Å². The molecule has 9 heteroatoms. The van der Waals surface area contributed by atoms with Crippen molar-refractivity contribution in [1.29, 1.82) is 0 Å². The molecule has 1 aliphatic rings. The van der Waals surface area contributed by atoms with Crippen molar-refractivity contribution < 1.29 is 14.1 Å². The fourth-order valence-electron chi connectivity index (χ4n) is 2.83. The summed E-state index contributed by atoms with van der Waals surface area (Å²) in [5.74, 6) is 0.392. The van der Waals surface area contributed by atoms with Crippen molar-refractivity contribution in [2.24, 2.45) is 5.73 Å². The molecule has 8 nitrogen and oxygen atoms in total. The number of carbonyl (C=O) groups excluding carboxylic acids is 2. The number of urea groups is 1. The van der Waals surface area contributed by atoms with Crippen LogP contribution in [0.25, 0.3) is 0 Å². The second-order valence-electron chi connectivity index (χ2n) is 5.82. The van der Waals surface area contributed by atoms with E-state index in [0.717, 1.165) is 17.7 Å². The van der Waals surface area contributed by atoms with Crippen molar-refractivity contribution in [2.75, 3.05) is 0 Å². The molecule has 128 valence electrons. The van der Waals surface area contributed by atoms with Gasteiger partial charge in [-0.3, -0.25) is 4.79 Å². The van der Waals surface area contributed by atoms with Gasteiger partial charge in [-0.1, -0.05) is 24.1 Å². The van der Waals surface area contributed by atoms with Gasteiger partial charge in [0, 0.05) is 4.88 Å². The van der Waals surface area contributed by atoms with E-state index in [1.54, 1.807) is 11.3 Å². The molecular formula is C15H19N5O3S. The first-order valence-electron chi connectivity index (χ1n) is 7.77. The fourth-order valence-corrected chi connectivity index (χ4v) is 3.52. The average molecular weight is 349 g/mol. The van der Waals surface area contributed by atoms with Crippen molar-refractivity contribution in [3.05, 3.63) is 34.1 Å². The molecule has 1 saturated carbocycles. The highest BCUT2D eigenvalue weighted by molar-refractivity contribution is 7.09. The molecule has 1 aliphatic carbocycles. The lowest BCUT2D eigenvalue weighted by Crippen LogP contribution is -2.57. The first kappa shape index (κ1) is 16.4. The van der Waals surface area contributed by atoms with Crippen molar-refractivity contribution in [3.63, 3.8) is 0 Å². The van der Waals surface area contributed by atoms with Gasteiger partial charge in [-0.15, -0.1) is 11.3 Å². The summed E-state index contributed by atoms with van der Waals surface area (Å²) >= 11 is 1.61. The van der Waals surface area contributed by atoms with Crippen LogP contribution in [-0.2, 0) is 17.8 Å². The summed E-state index contributed by atoms with van der Waals surface area (Å²) in [7, 11) is 0. The predicted octanol–water partition coefficient (Wildman–Crippen LogP) is 1.32. The van der Waals surface area contributed by atoms with Crippen molar-refractivity contribution >= 4 is 23.3 Å². The lowest BCUT2D eigenvalue weighted by Gasteiger charge is -2.26. The quantitative estimate of drug-likeness (QED) is 0.726. The molecule has 1 fully saturated rings. The van der Waals surface area contributed by atoms with E-state index in [-0.39, 0.29) is 6.54 Å². The highest BCUT2D eigenvalue weighted by Crippen LogP contribution is 2.29. The number of hydrogen-bond donors (Lipinski definition) is 3. The largest absolute Gasteiger partial charge is 0.368 e. The summed E-state index contributed by atoms with van der Waals surface area (Å²) in [5, 5.41) is 11.2. The standard InChI is InChI=1S/C15H19N5O3S/c16-13(21)15(5-1-2-6-15)19-14(22)17-9-11-18-12(23-20-11)8-10-4-3-7-24-10/h3-4,7H,1-2,5-6,8-9H2,(H2,16,21)(H2,17,19,22). The predicted molar refractivity (Wildman–Crippen MR) is 87.2 cm³/mol. The van der Waals surface area contributed by atoms with Gasteiger partial charge in [0.25, 0.3) is 0 Å². The third kappa shape index (κ3) is 3.73. The Hall–Kier alpha value is -2.42. The Morgan fingerprint density at radius 1 is 1.38 bits per heavy atom. The summed E-state index contributed by atoms with van der Waals surface area (Å²) in [6, 6.07) is 3.49. The molecule has 4 N–H and O–H groups in total. The Morgan fingerprint density at radius 3 is 2.83 bits per heavy atom. The lowest BCUT2D eigenvalue weighted by atomic mass is 9.97. The van der Waals surface area contributed by atoms with Crippen molar-refractivity contribution in [1.82, 2.24) is 20.8 Å². The van der Waals surface area contributed by atoms with Crippen LogP contribution >= 0.6 is 11.3 Å². The van der Waals surface area contributed by atoms with Gasteiger partial charge in [-0.05, 0) is 24.3 Å². The molecule has 0 unspecified atom stereocenters. The fraction of sp³-hybridized carbons (Fsp3) is 0.467. The second-order valence-corrected chi connectivity index (χ2v) is 6.85. The number of nitrogens with one attached hydrogen (secondary N) is 2. The molecule has 3 amide bonds. The number of primary amides is 1. The molecule has 0 saturated heterocycles. The number of nitrogens with zero attached hydrogens (tertiary/aromatic N) is 2. The third-order valence-corrected chi connectivity index (χ3v) is 4.98. The van der Waals surface area contributed by atoms with E-state index in [4.69, 9.17) is 10.3 Å². The minimum Gasteiger partial charge on any atom is -0.368 e.